The zero-order valence-corrected chi connectivity index (χ0v) is 39.0. The van der Waals surface area contributed by atoms with E-state index in [9.17, 15) is 20.1 Å². The number of esters is 1. The second kappa shape index (κ2) is 20.1. The van der Waals surface area contributed by atoms with Crippen LogP contribution in [0.1, 0.15) is 106 Å². The summed E-state index contributed by atoms with van der Waals surface area (Å²) in [5.41, 5.74) is 0.166. The fourth-order valence-electron chi connectivity index (χ4n) is 11.7. The van der Waals surface area contributed by atoms with Gasteiger partial charge in [-0.15, -0.1) is 0 Å². The first-order valence-corrected chi connectivity index (χ1v) is 24.0. The number of hydrogen-bond acceptors (Lipinski definition) is 14. The van der Waals surface area contributed by atoms with E-state index in [4.69, 9.17) is 47.4 Å². The molecular weight excluding hydrogens is 825 g/mol. The Morgan fingerprint density at radius 2 is 1.53 bits per heavy atom. The number of ether oxygens (including phenoxy) is 10. The van der Waals surface area contributed by atoms with E-state index in [1.807, 2.05) is 25.2 Å². The van der Waals surface area contributed by atoms with Gasteiger partial charge in [-0.05, 0) is 75.7 Å². The fourth-order valence-corrected chi connectivity index (χ4v) is 11.7. The number of carbonyl (C=O) groups is 1. The Kier molecular flexibility index (Phi) is 15.1. The highest BCUT2D eigenvalue weighted by Crippen LogP contribution is 2.48. The van der Waals surface area contributed by atoms with Crippen LogP contribution in [0.2, 0.25) is 0 Å². The highest BCUT2D eigenvalue weighted by molar-refractivity contribution is 5.78. The molecule has 0 aromatic heterocycles. The molecule has 0 amide bonds. The highest BCUT2D eigenvalue weighted by atomic mass is 16.7. The van der Waals surface area contributed by atoms with Crippen LogP contribution in [0.3, 0.4) is 0 Å². The van der Waals surface area contributed by atoms with Gasteiger partial charge in [0.15, 0.2) is 18.4 Å². The number of aliphatic hydroxyl groups excluding tert-OH is 2. The molecule has 0 aromatic rings. The second-order valence-electron chi connectivity index (χ2n) is 20.0. The van der Waals surface area contributed by atoms with E-state index >= 15 is 0 Å². The van der Waals surface area contributed by atoms with Crippen molar-refractivity contribution < 1.29 is 67.5 Å². The van der Waals surface area contributed by atoms with Gasteiger partial charge in [0.1, 0.15) is 42.0 Å². The minimum atomic E-state index is -1.83. The van der Waals surface area contributed by atoms with Crippen LogP contribution < -0.4 is 0 Å². The first-order chi connectivity index (χ1) is 30.6. The van der Waals surface area contributed by atoms with Gasteiger partial charge < -0.3 is 62.7 Å². The normalized spacial score (nSPS) is 49.2. The number of methoxy groups -OCH3 is 2. The Morgan fingerprint density at radius 1 is 0.812 bits per heavy atom. The molecule has 8 rings (SSSR count). The standard InChI is InChI=1S/C50H74O14/c1-27-13-12-16-34-26-57-47-42(51)30(4)21-37(50(34,47)54)48(53)60-36-22-35(63-49(25-36)20-19-29(3)45(64-49)33-14-10-9-11-15-33)18-17-28(2)44(27)61-41-24-39(56-8)46(32(6)59-41)62-40-23-38(55-7)43(52)31(5)58-40/h12-13,16-17,19-21,27,29,31-33,35-47,51-52,54H,9-11,14-15,18,22-26H2,1-8H3/b13-12+,28-17+,34-16+. The molecule has 2 aliphatic carbocycles. The number of carbonyl (C=O) groups excluding carboxylic acids is 1. The molecule has 19 atom stereocenters. The zero-order valence-electron chi connectivity index (χ0n) is 39.0. The molecule has 2 bridgehead atoms. The predicted octanol–water partition coefficient (Wildman–Crippen LogP) is 5.91. The van der Waals surface area contributed by atoms with Crippen LogP contribution >= 0.6 is 0 Å². The number of fused-ring (bicyclic) bond motifs is 2. The first-order valence-electron chi connectivity index (χ1n) is 24.0. The molecule has 8 aliphatic rings. The Bertz CT molecular complexity index is 1790. The second-order valence-corrected chi connectivity index (χ2v) is 20.0. The molecule has 3 N–H and O–H groups in total. The van der Waals surface area contributed by atoms with Gasteiger partial charge in [0.25, 0.3) is 0 Å². The van der Waals surface area contributed by atoms with Crippen molar-refractivity contribution in [1.82, 2.24) is 0 Å². The van der Waals surface area contributed by atoms with Crippen molar-refractivity contribution in [1.29, 1.82) is 0 Å². The van der Waals surface area contributed by atoms with Crippen molar-refractivity contribution in [3.63, 3.8) is 0 Å². The molecule has 358 valence electrons. The van der Waals surface area contributed by atoms with E-state index in [1.54, 1.807) is 40.2 Å². The molecule has 4 saturated heterocycles. The molecule has 1 spiro atoms. The van der Waals surface area contributed by atoms with Crippen LogP contribution in [-0.4, -0.2) is 139 Å². The number of allylic oxidation sites excluding steroid dienone is 2. The van der Waals surface area contributed by atoms with Gasteiger partial charge in [-0.1, -0.05) is 69.6 Å². The molecule has 0 aromatic carbocycles. The van der Waals surface area contributed by atoms with Crippen molar-refractivity contribution in [3.8, 4) is 0 Å². The summed E-state index contributed by atoms with van der Waals surface area (Å²) in [6.45, 7) is 11.9. The minimum Gasteiger partial charge on any atom is -0.462 e. The zero-order chi connectivity index (χ0) is 45.5. The molecule has 6 aliphatic heterocycles. The van der Waals surface area contributed by atoms with E-state index in [0.29, 0.717) is 49.2 Å². The maximum Gasteiger partial charge on any atom is 0.316 e. The lowest BCUT2D eigenvalue weighted by Gasteiger charge is -2.49. The Labute approximate surface area is 379 Å². The van der Waals surface area contributed by atoms with E-state index in [0.717, 1.165) is 18.4 Å². The van der Waals surface area contributed by atoms with Gasteiger partial charge in [-0.3, -0.25) is 4.79 Å². The van der Waals surface area contributed by atoms with Crippen LogP contribution in [0, 0.1) is 23.7 Å². The van der Waals surface area contributed by atoms with Crippen LogP contribution in [-0.2, 0) is 52.2 Å². The van der Waals surface area contributed by atoms with Crippen molar-refractivity contribution in [3.05, 3.63) is 59.3 Å². The minimum absolute atomic E-state index is 0.0242. The molecule has 0 radical (unpaired) electrons. The topological polar surface area (TPSA) is 170 Å². The summed E-state index contributed by atoms with van der Waals surface area (Å²) in [5, 5.41) is 34.3. The number of hydrogen-bond donors (Lipinski definition) is 3. The average molecular weight is 899 g/mol. The third-order valence-electron chi connectivity index (χ3n) is 15.4. The predicted molar refractivity (Wildman–Crippen MR) is 234 cm³/mol. The van der Waals surface area contributed by atoms with Crippen molar-refractivity contribution in [2.24, 2.45) is 23.7 Å². The van der Waals surface area contributed by atoms with E-state index in [-0.39, 0.29) is 36.8 Å². The quantitative estimate of drug-likeness (QED) is 0.204. The smallest absolute Gasteiger partial charge is 0.316 e. The van der Waals surface area contributed by atoms with Gasteiger partial charge in [0, 0.05) is 51.7 Å². The van der Waals surface area contributed by atoms with Crippen molar-refractivity contribution >= 4 is 5.97 Å². The van der Waals surface area contributed by atoms with E-state index in [1.165, 1.54) is 19.3 Å². The third kappa shape index (κ3) is 9.82. The summed E-state index contributed by atoms with van der Waals surface area (Å²) in [4.78, 5) is 14.4. The molecule has 1 saturated carbocycles. The summed E-state index contributed by atoms with van der Waals surface area (Å²) in [6.07, 6.45) is 13.8. The van der Waals surface area contributed by atoms with E-state index < -0.39 is 90.8 Å². The van der Waals surface area contributed by atoms with Gasteiger partial charge in [-0.2, -0.15) is 0 Å². The summed E-state index contributed by atoms with van der Waals surface area (Å²) < 4.78 is 64.1. The summed E-state index contributed by atoms with van der Waals surface area (Å²) in [5.74, 6) is -2.32. The molecule has 14 heteroatoms. The molecule has 14 nitrogen and oxygen atoms in total. The van der Waals surface area contributed by atoms with Crippen LogP contribution in [0.15, 0.2) is 59.3 Å². The monoisotopic (exact) mass is 899 g/mol. The van der Waals surface area contributed by atoms with Gasteiger partial charge in [-0.25, -0.2) is 0 Å². The molecule has 19 unspecified atom stereocenters. The largest absolute Gasteiger partial charge is 0.462 e. The maximum absolute atomic E-state index is 14.4. The molecule has 5 fully saturated rings. The fraction of sp³-hybridized carbons (Fsp3) is 0.780. The van der Waals surface area contributed by atoms with Gasteiger partial charge in [0.2, 0.25) is 0 Å². The lowest BCUT2D eigenvalue weighted by molar-refractivity contribution is -0.318. The van der Waals surface area contributed by atoms with E-state index in [2.05, 4.69) is 32.9 Å². The van der Waals surface area contributed by atoms with Crippen LogP contribution in [0.4, 0.5) is 0 Å². The lowest BCUT2D eigenvalue weighted by Crippen LogP contribution is -2.58. The molecular formula is C50H74O14. The lowest BCUT2D eigenvalue weighted by atomic mass is 9.71. The third-order valence-corrected chi connectivity index (χ3v) is 15.4. The molecule has 64 heavy (non-hydrogen) atoms. The average Bonchev–Trinajstić information content (AvgIpc) is 3.62. The summed E-state index contributed by atoms with van der Waals surface area (Å²) in [6, 6.07) is 0. The summed E-state index contributed by atoms with van der Waals surface area (Å²) in [7, 11) is 3.23. The van der Waals surface area contributed by atoms with Crippen molar-refractivity contribution in [2.45, 2.75) is 203 Å². The Hall–Kier alpha value is -2.31. The van der Waals surface area contributed by atoms with Crippen LogP contribution in [0.5, 0.6) is 0 Å². The molecule has 6 heterocycles. The first kappa shape index (κ1) is 48.2. The SMILES string of the molecule is COC1CC(OC2C(C)OC(OC3/C(C)=C/CC4CC(CC5(C=CC(C)C(C6CCCCC6)O5)O4)OC(=O)C4C=C(C)C(O)C5OC/C(=C\C=C\C3C)C45O)CC2OC)OC(C)C1O. The maximum atomic E-state index is 14.4. The summed E-state index contributed by atoms with van der Waals surface area (Å²) >= 11 is 0. The number of aliphatic hydroxyl groups is 3. The van der Waals surface area contributed by atoms with Gasteiger partial charge in [0.05, 0.1) is 49.3 Å². The Morgan fingerprint density at radius 3 is 2.28 bits per heavy atom. The number of rotatable bonds is 7. The van der Waals surface area contributed by atoms with Crippen molar-refractivity contribution in [2.75, 3.05) is 20.8 Å². The Balaban J connectivity index is 1.08. The van der Waals surface area contributed by atoms with Crippen LogP contribution in [0.25, 0.3) is 0 Å². The van der Waals surface area contributed by atoms with Gasteiger partial charge >= 0.3 is 5.97 Å². The highest BCUT2D eigenvalue weighted by Gasteiger charge is 2.60.